The number of amides is 1. The van der Waals surface area contributed by atoms with Gasteiger partial charge in [-0.15, -0.1) is 0 Å². The fraction of sp³-hybridized carbons (Fsp3) is 0.812. The molecule has 0 spiro atoms. The number of carboxylic acids is 1. The maximum atomic E-state index is 11.5. The third-order valence-corrected chi connectivity index (χ3v) is 4.00. The minimum Gasteiger partial charge on any atom is -0.481 e. The van der Waals surface area contributed by atoms with E-state index in [2.05, 4.69) is 10.5 Å². The minimum absolute atomic E-state index is 0.0840. The molecule has 0 aromatic carbocycles. The Hall–Kier alpha value is -1.39. The zero-order valence-corrected chi connectivity index (χ0v) is 12.9. The number of nitrogens with zero attached hydrogens (tertiary/aromatic N) is 1. The van der Waals surface area contributed by atoms with E-state index < -0.39 is 5.97 Å². The van der Waals surface area contributed by atoms with Crippen molar-refractivity contribution in [2.24, 2.45) is 11.0 Å². The lowest BCUT2D eigenvalue weighted by Crippen LogP contribution is -2.17. The highest BCUT2D eigenvalue weighted by atomic mass is 16.4. The summed E-state index contributed by atoms with van der Waals surface area (Å²) in [5, 5.41) is 12.4. The maximum Gasteiger partial charge on any atom is 0.303 e. The lowest BCUT2D eigenvalue weighted by Gasteiger charge is -2.20. The van der Waals surface area contributed by atoms with Crippen molar-refractivity contribution in [1.82, 2.24) is 5.43 Å². The van der Waals surface area contributed by atoms with Gasteiger partial charge in [-0.3, -0.25) is 9.59 Å². The van der Waals surface area contributed by atoms with Crippen LogP contribution < -0.4 is 5.43 Å². The predicted molar refractivity (Wildman–Crippen MR) is 83.2 cm³/mol. The summed E-state index contributed by atoms with van der Waals surface area (Å²) in [4.78, 5) is 21.8. The van der Waals surface area contributed by atoms with Crippen molar-refractivity contribution in [2.75, 3.05) is 0 Å². The summed E-state index contributed by atoms with van der Waals surface area (Å²) in [5.74, 6) is -0.0172. The van der Waals surface area contributed by atoms with Crippen LogP contribution in [0.25, 0.3) is 0 Å². The second kappa shape index (κ2) is 11.3. The topological polar surface area (TPSA) is 78.8 Å². The van der Waals surface area contributed by atoms with Crippen LogP contribution in [0.5, 0.6) is 0 Å². The molecule has 1 saturated carbocycles. The van der Waals surface area contributed by atoms with E-state index >= 15 is 0 Å². The summed E-state index contributed by atoms with van der Waals surface area (Å²) in [6.45, 7) is 0. The summed E-state index contributed by atoms with van der Waals surface area (Å²) in [6.07, 6.45) is 13.4. The number of nitrogens with one attached hydrogen (secondary N) is 1. The molecule has 5 nitrogen and oxygen atoms in total. The highest BCUT2D eigenvalue weighted by molar-refractivity contribution is 5.76. The molecular formula is C16H28N2O3. The van der Waals surface area contributed by atoms with Gasteiger partial charge in [0.15, 0.2) is 0 Å². The minimum atomic E-state index is -0.776. The number of rotatable bonds is 10. The molecule has 1 fully saturated rings. The molecule has 2 N–H and O–H groups in total. The smallest absolute Gasteiger partial charge is 0.303 e. The number of carbonyl (C=O) groups excluding carboxylic acids is 1. The molecule has 1 aliphatic rings. The Balaban J connectivity index is 1.94. The van der Waals surface area contributed by atoms with Crippen LogP contribution in [0.1, 0.15) is 77.0 Å². The van der Waals surface area contributed by atoms with Crippen molar-refractivity contribution in [3.8, 4) is 0 Å². The quantitative estimate of drug-likeness (QED) is 0.368. The number of carbonyl (C=O) groups is 2. The van der Waals surface area contributed by atoms with E-state index in [0.29, 0.717) is 12.8 Å². The molecule has 0 aliphatic heterocycles. The van der Waals surface area contributed by atoms with E-state index in [0.717, 1.165) is 25.2 Å². The summed E-state index contributed by atoms with van der Waals surface area (Å²) in [6, 6.07) is 0. The molecule has 0 heterocycles. The Morgan fingerprint density at radius 3 is 2.52 bits per heavy atom. The predicted octanol–water partition coefficient (Wildman–Crippen LogP) is 3.48. The Bertz CT molecular complexity index is 336. The number of hydrazone groups is 1. The molecule has 0 aromatic heterocycles. The van der Waals surface area contributed by atoms with Gasteiger partial charge in [0.25, 0.3) is 0 Å². The molecule has 0 radical (unpaired) electrons. The first-order valence-corrected chi connectivity index (χ1v) is 8.20. The Morgan fingerprint density at radius 1 is 1.10 bits per heavy atom. The van der Waals surface area contributed by atoms with E-state index in [4.69, 9.17) is 5.11 Å². The highest BCUT2D eigenvalue weighted by Crippen LogP contribution is 2.26. The molecule has 0 atom stereocenters. The van der Waals surface area contributed by atoms with Crippen molar-refractivity contribution in [2.45, 2.75) is 77.0 Å². The largest absolute Gasteiger partial charge is 0.481 e. The van der Waals surface area contributed by atoms with Gasteiger partial charge < -0.3 is 5.11 Å². The van der Waals surface area contributed by atoms with Gasteiger partial charge in [-0.25, -0.2) is 5.43 Å². The first kappa shape index (κ1) is 17.7. The first-order valence-electron chi connectivity index (χ1n) is 8.20. The van der Waals surface area contributed by atoms with E-state index in [1.165, 1.54) is 38.5 Å². The van der Waals surface area contributed by atoms with Gasteiger partial charge in [0.05, 0.1) is 0 Å². The molecule has 0 aromatic rings. The van der Waals surface area contributed by atoms with Crippen molar-refractivity contribution < 1.29 is 14.7 Å². The first-order chi connectivity index (χ1) is 10.2. The summed E-state index contributed by atoms with van der Waals surface area (Å²) >= 11 is 0. The normalized spacial score (nSPS) is 16.2. The maximum absolute atomic E-state index is 11.5. The lowest BCUT2D eigenvalue weighted by atomic mass is 9.86. The van der Waals surface area contributed by atoms with E-state index in [1.807, 2.05) is 0 Å². The van der Waals surface area contributed by atoms with Gasteiger partial charge >= 0.3 is 5.97 Å². The van der Waals surface area contributed by atoms with Crippen LogP contribution in [0, 0.1) is 5.92 Å². The zero-order valence-electron chi connectivity index (χ0n) is 12.9. The molecule has 120 valence electrons. The van der Waals surface area contributed by atoms with Gasteiger partial charge in [-0.05, 0) is 31.6 Å². The van der Waals surface area contributed by atoms with Gasteiger partial charge in [0, 0.05) is 19.1 Å². The fourth-order valence-corrected chi connectivity index (χ4v) is 2.76. The van der Waals surface area contributed by atoms with E-state index in [-0.39, 0.29) is 12.3 Å². The molecule has 1 rings (SSSR count). The summed E-state index contributed by atoms with van der Waals surface area (Å²) < 4.78 is 0. The monoisotopic (exact) mass is 296 g/mol. The van der Waals surface area contributed by atoms with E-state index in [9.17, 15) is 9.59 Å². The number of unbranched alkanes of at least 4 members (excludes halogenated alkanes) is 2. The molecule has 5 heteroatoms. The Labute approximate surface area is 127 Å². The van der Waals surface area contributed by atoms with Crippen LogP contribution in [-0.4, -0.2) is 23.2 Å². The lowest BCUT2D eigenvalue weighted by molar-refractivity contribution is -0.137. The third kappa shape index (κ3) is 10.0. The molecule has 0 unspecified atom stereocenters. The number of carboxylic acid groups (broad SMARTS) is 1. The van der Waals surface area contributed by atoms with Crippen LogP contribution in [0.2, 0.25) is 0 Å². The van der Waals surface area contributed by atoms with Crippen LogP contribution in [-0.2, 0) is 9.59 Å². The average Bonchev–Trinajstić information content (AvgIpc) is 2.47. The van der Waals surface area contributed by atoms with Crippen molar-refractivity contribution in [3.05, 3.63) is 0 Å². The molecule has 0 saturated heterocycles. The van der Waals surface area contributed by atoms with Gasteiger partial charge in [-0.1, -0.05) is 38.5 Å². The summed E-state index contributed by atoms with van der Waals surface area (Å²) in [7, 11) is 0. The number of aliphatic carboxylic acids is 1. The second-order valence-corrected chi connectivity index (χ2v) is 5.88. The van der Waals surface area contributed by atoms with Crippen LogP contribution in [0.15, 0.2) is 5.10 Å². The van der Waals surface area contributed by atoms with Gasteiger partial charge in [0.1, 0.15) is 0 Å². The molecular weight excluding hydrogens is 268 g/mol. The fourth-order valence-electron chi connectivity index (χ4n) is 2.76. The second-order valence-electron chi connectivity index (χ2n) is 5.88. The number of hydrogen-bond donors (Lipinski definition) is 2. The molecule has 1 amide bonds. The average molecular weight is 296 g/mol. The van der Waals surface area contributed by atoms with Crippen LogP contribution >= 0.6 is 0 Å². The van der Waals surface area contributed by atoms with Crippen LogP contribution in [0.4, 0.5) is 0 Å². The molecule has 1 aliphatic carbocycles. The zero-order chi connectivity index (χ0) is 15.3. The van der Waals surface area contributed by atoms with Crippen molar-refractivity contribution in [3.63, 3.8) is 0 Å². The summed E-state index contributed by atoms with van der Waals surface area (Å²) in [5.41, 5.74) is 2.53. The Kier molecular flexibility index (Phi) is 9.49. The van der Waals surface area contributed by atoms with Crippen molar-refractivity contribution in [1.29, 1.82) is 0 Å². The van der Waals surface area contributed by atoms with E-state index in [1.54, 1.807) is 6.21 Å². The van der Waals surface area contributed by atoms with Crippen LogP contribution in [0.3, 0.4) is 0 Å². The molecule has 21 heavy (non-hydrogen) atoms. The Morgan fingerprint density at radius 2 is 1.81 bits per heavy atom. The standard InChI is InChI=1S/C16H28N2O3/c19-15(11-5-2-6-12-16(20)21)18-17-13-7-10-14-8-3-1-4-9-14/h13-14H,1-12H2,(H,18,19)(H,20,21)/b17-13+. The van der Waals surface area contributed by atoms with Gasteiger partial charge in [0.2, 0.25) is 5.91 Å². The SMILES string of the molecule is O=C(O)CCCCCC(=O)N/N=C/CCC1CCCCC1. The number of hydrogen-bond acceptors (Lipinski definition) is 3. The highest BCUT2D eigenvalue weighted by Gasteiger charge is 2.11. The van der Waals surface area contributed by atoms with Gasteiger partial charge in [-0.2, -0.15) is 5.10 Å². The van der Waals surface area contributed by atoms with Crippen molar-refractivity contribution >= 4 is 18.1 Å². The third-order valence-electron chi connectivity index (χ3n) is 4.00. The molecule has 0 bridgehead atoms.